The molecule has 66 valence electrons. The lowest BCUT2D eigenvalue weighted by atomic mass is 10.1. The van der Waals surface area contributed by atoms with E-state index >= 15 is 0 Å². The third-order valence-electron chi connectivity index (χ3n) is 1.76. The highest BCUT2D eigenvalue weighted by molar-refractivity contribution is 6.06. The molecule has 0 unspecified atom stereocenters. The molecule has 0 aliphatic heterocycles. The van der Waals surface area contributed by atoms with E-state index in [2.05, 4.69) is 13.2 Å². The van der Waals surface area contributed by atoms with Crippen molar-refractivity contribution in [1.82, 2.24) is 0 Å². The van der Waals surface area contributed by atoms with Crippen LogP contribution in [0, 0.1) is 5.41 Å². The highest BCUT2D eigenvalue weighted by atomic mass is 16.3. The van der Waals surface area contributed by atoms with Gasteiger partial charge in [0, 0.05) is 11.8 Å². The minimum Gasteiger partial charge on any atom is -0.508 e. The van der Waals surface area contributed by atoms with Gasteiger partial charge in [-0.05, 0) is 10.4 Å². The van der Waals surface area contributed by atoms with Crippen molar-refractivity contribution in [3.05, 3.63) is 47.0 Å². The fraction of sp³-hybridized carbons (Fsp3) is 0. The van der Waals surface area contributed by atoms with E-state index in [-0.39, 0.29) is 5.76 Å². The van der Waals surface area contributed by atoms with Gasteiger partial charge in [-0.25, -0.2) is 0 Å². The van der Waals surface area contributed by atoms with Gasteiger partial charge in [0.2, 0.25) is 0 Å². The zero-order valence-electron chi connectivity index (χ0n) is 7.25. The van der Waals surface area contributed by atoms with Gasteiger partial charge in [-0.1, -0.05) is 37.4 Å². The van der Waals surface area contributed by atoms with Gasteiger partial charge in [-0.15, -0.1) is 0 Å². The summed E-state index contributed by atoms with van der Waals surface area (Å²) in [5, 5.41) is 17.8. The molecule has 1 aromatic carbocycles. The number of aliphatic hydroxyl groups excluding tert-OH is 1. The SMILES string of the molecule is C=C(O)/C(C=N)=c1/ccccc1=C. The average Bonchev–Trinajstić information content (AvgIpc) is 2.09. The third-order valence-corrected chi connectivity index (χ3v) is 1.76. The highest BCUT2D eigenvalue weighted by Gasteiger charge is 1.97. The summed E-state index contributed by atoms with van der Waals surface area (Å²) in [6.45, 7) is 7.18. The molecule has 0 amide bonds. The number of benzene rings is 1. The first-order chi connectivity index (χ1) is 6.16. The van der Waals surface area contributed by atoms with Gasteiger partial charge in [-0.3, -0.25) is 0 Å². The first kappa shape index (κ1) is 9.26. The molecule has 0 saturated carbocycles. The topological polar surface area (TPSA) is 44.1 Å². The lowest BCUT2D eigenvalue weighted by Crippen LogP contribution is -2.25. The van der Waals surface area contributed by atoms with Crippen LogP contribution in [-0.2, 0) is 0 Å². The van der Waals surface area contributed by atoms with Crippen LogP contribution in [0.2, 0.25) is 0 Å². The van der Waals surface area contributed by atoms with E-state index in [0.717, 1.165) is 16.7 Å². The third kappa shape index (κ3) is 1.85. The summed E-state index contributed by atoms with van der Waals surface area (Å²) in [6, 6.07) is 7.30. The minimum absolute atomic E-state index is 0.105. The van der Waals surface area contributed by atoms with E-state index in [1.165, 1.54) is 0 Å². The smallest absolute Gasteiger partial charge is 0.117 e. The number of rotatable bonds is 2. The summed E-state index contributed by atoms with van der Waals surface area (Å²) in [6.07, 6.45) is 1.08. The highest BCUT2D eigenvalue weighted by Crippen LogP contribution is 1.97. The van der Waals surface area contributed by atoms with E-state index in [1.807, 2.05) is 18.2 Å². The predicted octanol–water partition coefficient (Wildman–Crippen LogP) is 0.969. The van der Waals surface area contributed by atoms with Gasteiger partial charge >= 0.3 is 0 Å². The summed E-state index contributed by atoms with van der Waals surface area (Å²) in [4.78, 5) is 0. The fourth-order valence-electron chi connectivity index (χ4n) is 1.10. The molecule has 0 aliphatic rings. The summed E-state index contributed by atoms with van der Waals surface area (Å²) in [5.74, 6) is -0.105. The zero-order valence-corrected chi connectivity index (χ0v) is 7.25. The normalized spacial score (nSPS) is 12.0. The van der Waals surface area contributed by atoms with Crippen molar-refractivity contribution in [2.75, 3.05) is 0 Å². The van der Waals surface area contributed by atoms with Crippen LogP contribution in [0.3, 0.4) is 0 Å². The predicted molar refractivity (Wildman–Crippen MR) is 55.2 cm³/mol. The number of allylic oxidation sites excluding steroid dienone is 1. The van der Waals surface area contributed by atoms with Crippen LogP contribution in [0.1, 0.15) is 0 Å². The molecule has 0 aromatic heterocycles. The van der Waals surface area contributed by atoms with Gasteiger partial charge in [0.25, 0.3) is 0 Å². The van der Waals surface area contributed by atoms with E-state index in [1.54, 1.807) is 6.07 Å². The average molecular weight is 173 g/mol. The number of nitrogens with one attached hydrogen (secondary N) is 1. The molecule has 0 saturated heterocycles. The van der Waals surface area contributed by atoms with Crippen LogP contribution in [0.15, 0.2) is 36.6 Å². The Morgan fingerprint density at radius 1 is 1.38 bits per heavy atom. The van der Waals surface area contributed by atoms with E-state index in [9.17, 15) is 5.11 Å². The molecular weight excluding hydrogens is 162 g/mol. The van der Waals surface area contributed by atoms with Crippen LogP contribution >= 0.6 is 0 Å². The van der Waals surface area contributed by atoms with Gasteiger partial charge < -0.3 is 10.5 Å². The first-order valence-corrected chi connectivity index (χ1v) is 3.84. The standard InChI is InChI=1S/C11H11NO/c1-8-5-3-4-6-10(8)11(7-12)9(2)13/h3-7,12-13H,1-2H2/b11-10-,12-7?. The Kier molecular flexibility index (Phi) is 2.65. The summed E-state index contributed by atoms with van der Waals surface area (Å²) < 4.78 is 0. The second kappa shape index (κ2) is 3.72. The van der Waals surface area contributed by atoms with Crippen molar-refractivity contribution < 1.29 is 5.11 Å². The molecule has 2 N–H and O–H groups in total. The van der Waals surface area contributed by atoms with Crippen molar-refractivity contribution in [3.63, 3.8) is 0 Å². The largest absolute Gasteiger partial charge is 0.508 e. The molecule has 2 heteroatoms. The molecule has 0 atom stereocenters. The maximum absolute atomic E-state index is 9.18. The maximum Gasteiger partial charge on any atom is 0.117 e. The molecule has 0 radical (unpaired) electrons. The van der Waals surface area contributed by atoms with Crippen molar-refractivity contribution in [2.24, 2.45) is 0 Å². The second-order valence-electron chi connectivity index (χ2n) is 2.66. The molecule has 0 aliphatic carbocycles. The monoisotopic (exact) mass is 173 g/mol. The second-order valence-corrected chi connectivity index (χ2v) is 2.66. The molecular formula is C11H11NO. The van der Waals surface area contributed by atoms with Crippen molar-refractivity contribution in [2.45, 2.75) is 0 Å². The Morgan fingerprint density at radius 3 is 2.46 bits per heavy atom. The summed E-state index contributed by atoms with van der Waals surface area (Å²) >= 11 is 0. The van der Waals surface area contributed by atoms with Gasteiger partial charge in [0.05, 0.1) is 0 Å². The molecule has 0 spiro atoms. The Hall–Kier alpha value is -1.83. The van der Waals surface area contributed by atoms with Crippen molar-refractivity contribution >= 4 is 18.4 Å². The lowest BCUT2D eigenvalue weighted by molar-refractivity contribution is 0.442. The van der Waals surface area contributed by atoms with E-state index in [0.29, 0.717) is 5.57 Å². The Bertz CT molecular complexity index is 445. The molecule has 0 heterocycles. The van der Waals surface area contributed by atoms with Gasteiger partial charge in [-0.2, -0.15) is 0 Å². The lowest BCUT2D eigenvalue weighted by Gasteiger charge is -1.97. The molecule has 1 aromatic rings. The number of aliphatic hydroxyl groups is 1. The van der Waals surface area contributed by atoms with Crippen LogP contribution in [0.25, 0.3) is 12.2 Å². The molecule has 0 bridgehead atoms. The van der Waals surface area contributed by atoms with Crippen LogP contribution < -0.4 is 10.4 Å². The maximum atomic E-state index is 9.18. The molecule has 1 rings (SSSR count). The molecule has 0 fully saturated rings. The number of hydrogen-bond donors (Lipinski definition) is 2. The molecule has 2 nitrogen and oxygen atoms in total. The summed E-state index contributed by atoms with van der Waals surface area (Å²) in [7, 11) is 0. The first-order valence-electron chi connectivity index (χ1n) is 3.84. The van der Waals surface area contributed by atoms with Gasteiger partial charge in [0.15, 0.2) is 0 Å². The number of hydrogen-bond acceptors (Lipinski definition) is 2. The van der Waals surface area contributed by atoms with Crippen LogP contribution in [-0.4, -0.2) is 11.3 Å². The Balaban J connectivity index is 3.65. The zero-order chi connectivity index (χ0) is 9.84. The van der Waals surface area contributed by atoms with E-state index < -0.39 is 0 Å². The quantitative estimate of drug-likeness (QED) is 0.508. The summed E-state index contributed by atoms with van der Waals surface area (Å²) in [5.41, 5.74) is 0.408. The van der Waals surface area contributed by atoms with Crippen LogP contribution in [0.4, 0.5) is 0 Å². The van der Waals surface area contributed by atoms with Gasteiger partial charge in [0.1, 0.15) is 5.76 Å². The Labute approximate surface area is 76.7 Å². The molecule has 13 heavy (non-hydrogen) atoms. The van der Waals surface area contributed by atoms with Crippen molar-refractivity contribution in [1.29, 1.82) is 5.41 Å². The minimum atomic E-state index is -0.105. The van der Waals surface area contributed by atoms with Crippen molar-refractivity contribution in [3.8, 4) is 0 Å². The van der Waals surface area contributed by atoms with E-state index in [4.69, 9.17) is 5.41 Å². The Morgan fingerprint density at radius 2 is 2.00 bits per heavy atom. The fourth-order valence-corrected chi connectivity index (χ4v) is 1.10. The van der Waals surface area contributed by atoms with Crippen LogP contribution in [0.5, 0.6) is 0 Å².